The predicted octanol–water partition coefficient (Wildman–Crippen LogP) is 3.31. The molecule has 0 aliphatic carbocycles. The van der Waals surface area contributed by atoms with Crippen LogP contribution in [0.15, 0.2) is 18.2 Å². The van der Waals surface area contributed by atoms with E-state index in [1.54, 1.807) is 4.90 Å². The summed E-state index contributed by atoms with van der Waals surface area (Å²) in [5.41, 5.74) is 2.58. The van der Waals surface area contributed by atoms with Crippen molar-refractivity contribution in [1.29, 1.82) is 0 Å². The van der Waals surface area contributed by atoms with E-state index in [1.807, 2.05) is 43.5 Å². The van der Waals surface area contributed by atoms with Crippen molar-refractivity contribution in [3.63, 3.8) is 0 Å². The molecule has 0 spiro atoms. The fraction of sp³-hybridized carbons (Fsp3) is 0.500. The molecule has 2 aromatic rings. The van der Waals surface area contributed by atoms with E-state index in [0.29, 0.717) is 31.8 Å². The van der Waals surface area contributed by atoms with Crippen molar-refractivity contribution in [2.45, 2.75) is 40.2 Å². The van der Waals surface area contributed by atoms with E-state index >= 15 is 0 Å². The second-order valence-corrected chi connectivity index (χ2v) is 6.76. The van der Waals surface area contributed by atoms with Crippen molar-refractivity contribution in [1.82, 2.24) is 9.47 Å². The Bertz CT molecular complexity index is 840. The van der Waals surface area contributed by atoms with E-state index in [2.05, 4.69) is 0 Å². The molecule has 1 aromatic heterocycles. The summed E-state index contributed by atoms with van der Waals surface area (Å²) >= 11 is 0. The van der Waals surface area contributed by atoms with E-state index in [0.717, 1.165) is 28.6 Å². The van der Waals surface area contributed by atoms with E-state index < -0.39 is 11.9 Å². The van der Waals surface area contributed by atoms with E-state index in [-0.39, 0.29) is 12.5 Å². The van der Waals surface area contributed by atoms with Gasteiger partial charge >= 0.3 is 5.97 Å². The maximum absolute atomic E-state index is 13.2. The summed E-state index contributed by atoms with van der Waals surface area (Å²) < 4.78 is 7.62. The summed E-state index contributed by atoms with van der Waals surface area (Å²) in [4.78, 5) is 26.3. The van der Waals surface area contributed by atoms with Crippen molar-refractivity contribution in [3.05, 3.63) is 29.5 Å². The van der Waals surface area contributed by atoms with Gasteiger partial charge in [-0.25, -0.2) is 0 Å². The van der Waals surface area contributed by atoms with Crippen LogP contribution in [-0.2, 0) is 11.3 Å². The zero-order chi connectivity index (χ0) is 18.8. The Balaban J connectivity index is 2.01. The summed E-state index contributed by atoms with van der Waals surface area (Å²) in [6, 6.07) is 5.89. The normalized spacial score (nSPS) is 17.5. The van der Waals surface area contributed by atoms with Gasteiger partial charge in [-0.2, -0.15) is 0 Å². The van der Waals surface area contributed by atoms with E-state index in [1.165, 1.54) is 0 Å². The minimum absolute atomic E-state index is 0.0792. The third-order valence-electron chi connectivity index (χ3n) is 5.18. The minimum Gasteiger partial charge on any atom is -0.494 e. The third kappa shape index (κ3) is 3.16. The molecule has 1 N–H and O–H groups in total. The summed E-state index contributed by atoms with van der Waals surface area (Å²) in [7, 11) is 0. The highest BCUT2D eigenvalue weighted by Gasteiger charge is 2.31. The molecule has 1 unspecified atom stereocenters. The number of rotatable bonds is 5. The number of carboxylic acid groups (broad SMARTS) is 1. The van der Waals surface area contributed by atoms with Gasteiger partial charge in [-0.05, 0) is 57.4 Å². The second kappa shape index (κ2) is 7.40. The highest BCUT2D eigenvalue weighted by molar-refractivity contribution is 6.02. The molecule has 0 radical (unpaired) electrons. The van der Waals surface area contributed by atoms with Gasteiger partial charge in [0.1, 0.15) is 11.4 Å². The number of hydrogen-bond donors (Lipinski definition) is 1. The first-order valence-electron chi connectivity index (χ1n) is 9.25. The highest BCUT2D eigenvalue weighted by atomic mass is 16.5. The monoisotopic (exact) mass is 358 g/mol. The van der Waals surface area contributed by atoms with E-state index in [9.17, 15) is 14.7 Å². The average Bonchev–Trinajstić information content (AvgIpc) is 2.93. The number of benzene rings is 1. The number of amides is 1. The molecule has 1 aliphatic heterocycles. The topological polar surface area (TPSA) is 71.8 Å². The number of aliphatic carboxylic acids is 1. The van der Waals surface area contributed by atoms with Crippen LogP contribution in [0.1, 0.15) is 42.7 Å². The fourth-order valence-electron chi connectivity index (χ4n) is 3.88. The van der Waals surface area contributed by atoms with Gasteiger partial charge in [0, 0.05) is 30.5 Å². The molecule has 1 fully saturated rings. The lowest BCUT2D eigenvalue weighted by atomic mass is 9.98. The van der Waals surface area contributed by atoms with Crippen LogP contribution < -0.4 is 4.74 Å². The lowest BCUT2D eigenvalue weighted by molar-refractivity contribution is -0.143. The van der Waals surface area contributed by atoms with Gasteiger partial charge in [-0.15, -0.1) is 0 Å². The van der Waals surface area contributed by atoms with Crippen LogP contribution in [0.5, 0.6) is 5.75 Å². The van der Waals surface area contributed by atoms with Gasteiger partial charge in [0.15, 0.2) is 0 Å². The van der Waals surface area contributed by atoms with Gasteiger partial charge in [-0.3, -0.25) is 9.59 Å². The van der Waals surface area contributed by atoms with Crippen LogP contribution in [0, 0.1) is 12.8 Å². The van der Waals surface area contributed by atoms with Crippen molar-refractivity contribution in [3.8, 4) is 5.75 Å². The molecule has 1 amide bonds. The number of carbonyl (C=O) groups is 2. The van der Waals surface area contributed by atoms with Crippen LogP contribution in [0.4, 0.5) is 0 Å². The van der Waals surface area contributed by atoms with E-state index in [4.69, 9.17) is 4.74 Å². The molecule has 1 aliphatic rings. The first-order chi connectivity index (χ1) is 12.5. The van der Waals surface area contributed by atoms with Gasteiger partial charge in [0.25, 0.3) is 5.91 Å². The zero-order valence-electron chi connectivity index (χ0n) is 15.6. The number of carbonyl (C=O) groups excluding carboxylic acids is 1. The Hall–Kier alpha value is -2.50. The van der Waals surface area contributed by atoms with Crippen molar-refractivity contribution in [2.75, 3.05) is 19.7 Å². The van der Waals surface area contributed by atoms with Crippen LogP contribution in [-0.4, -0.2) is 46.1 Å². The Morgan fingerprint density at radius 1 is 1.31 bits per heavy atom. The van der Waals surface area contributed by atoms with Crippen molar-refractivity contribution < 1.29 is 19.4 Å². The average molecular weight is 358 g/mol. The molecule has 0 saturated carbocycles. The number of aromatic nitrogens is 1. The molecular weight excluding hydrogens is 332 g/mol. The molecule has 1 aromatic carbocycles. The predicted molar refractivity (Wildman–Crippen MR) is 99.8 cm³/mol. The van der Waals surface area contributed by atoms with Gasteiger partial charge in [-0.1, -0.05) is 0 Å². The summed E-state index contributed by atoms with van der Waals surface area (Å²) in [5, 5.41) is 10.3. The summed E-state index contributed by atoms with van der Waals surface area (Å²) in [6.07, 6.45) is 1.36. The standard InChI is InChI=1S/C20H26N2O4/c1-4-22-17-9-8-15(26-5-2)11-16(17)13(3)18(22)19(23)21-10-6-7-14(12-21)20(24)25/h8-9,11,14H,4-7,10,12H2,1-3H3,(H,24,25). The number of fused-ring (bicyclic) bond motifs is 1. The lowest BCUT2D eigenvalue weighted by Crippen LogP contribution is -2.43. The van der Waals surface area contributed by atoms with Gasteiger partial charge in [0.05, 0.1) is 12.5 Å². The van der Waals surface area contributed by atoms with Gasteiger partial charge in [0.2, 0.25) is 0 Å². The molecule has 1 saturated heterocycles. The Morgan fingerprint density at radius 2 is 2.08 bits per heavy atom. The number of piperidine rings is 1. The smallest absolute Gasteiger partial charge is 0.308 e. The molecule has 6 nitrogen and oxygen atoms in total. The fourth-order valence-corrected chi connectivity index (χ4v) is 3.88. The number of hydrogen-bond acceptors (Lipinski definition) is 3. The maximum atomic E-state index is 13.2. The SMILES string of the molecule is CCOc1ccc2c(c1)c(C)c(C(=O)N1CCCC(C(=O)O)C1)n2CC. The Labute approximate surface area is 153 Å². The molecule has 3 rings (SSSR count). The molecule has 140 valence electrons. The third-order valence-corrected chi connectivity index (χ3v) is 5.18. The van der Waals surface area contributed by atoms with Crippen molar-refractivity contribution >= 4 is 22.8 Å². The second-order valence-electron chi connectivity index (χ2n) is 6.76. The molecule has 0 bridgehead atoms. The molecule has 6 heteroatoms. The molecule has 1 atom stereocenters. The number of ether oxygens (including phenoxy) is 1. The van der Waals surface area contributed by atoms with Crippen LogP contribution >= 0.6 is 0 Å². The Morgan fingerprint density at radius 3 is 2.73 bits per heavy atom. The lowest BCUT2D eigenvalue weighted by Gasteiger charge is -2.31. The maximum Gasteiger partial charge on any atom is 0.308 e. The first kappa shape index (κ1) is 18.3. The summed E-state index contributed by atoms with van der Waals surface area (Å²) in [6.45, 7) is 8.07. The number of likely N-dealkylation sites (tertiary alicyclic amines) is 1. The zero-order valence-corrected chi connectivity index (χ0v) is 15.6. The molecule has 26 heavy (non-hydrogen) atoms. The Kier molecular flexibility index (Phi) is 5.20. The van der Waals surface area contributed by atoms with Gasteiger partial charge < -0.3 is 19.3 Å². The molecular formula is C20H26N2O4. The molecule has 2 heterocycles. The van der Waals surface area contributed by atoms with Crippen LogP contribution in [0.2, 0.25) is 0 Å². The quantitative estimate of drug-likeness (QED) is 0.890. The van der Waals surface area contributed by atoms with Crippen LogP contribution in [0.3, 0.4) is 0 Å². The largest absolute Gasteiger partial charge is 0.494 e. The summed E-state index contributed by atoms with van der Waals surface area (Å²) in [5.74, 6) is -0.586. The first-order valence-corrected chi connectivity index (χ1v) is 9.25. The van der Waals surface area contributed by atoms with Crippen molar-refractivity contribution in [2.24, 2.45) is 5.92 Å². The number of nitrogens with zero attached hydrogens (tertiary/aromatic N) is 2. The van der Waals surface area contributed by atoms with Crippen LogP contribution in [0.25, 0.3) is 10.9 Å². The number of aryl methyl sites for hydroxylation is 2. The number of carboxylic acids is 1. The highest BCUT2D eigenvalue weighted by Crippen LogP contribution is 2.31. The minimum atomic E-state index is -0.823.